The summed E-state index contributed by atoms with van der Waals surface area (Å²) >= 11 is 0. The zero-order chi connectivity index (χ0) is 43.5. The minimum absolute atomic E-state index is 0.0528. The van der Waals surface area contributed by atoms with Gasteiger partial charge in [-0.05, 0) is 116 Å². The maximum absolute atomic E-state index is 12.8. The summed E-state index contributed by atoms with van der Waals surface area (Å²) in [4.78, 5) is 25.3. The van der Waals surface area contributed by atoms with Crippen molar-refractivity contribution in [3.8, 4) is 0 Å². The Bertz CT molecular complexity index is 1130. The normalized spacial score (nSPS) is 12.9. The Balaban J connectivity index is 4.37. The van der Waals surface area contributed by atoms with E-state index in [2.05, 4.69) is 106 Å². The molecule has 0 amide bonds. The molecule has 5 heteroatoms. The average molecular weight is 835 g/mol. The lowest BCUT2D eigenvalue weighted by molar-refractivity contribution is -0.163. The molecule has 5 nitrogen and oxygen atoms in total. The molecule has 1 unspecified atom stereocenters. The zero-order valence-corrected chi connectivity index (χ0v) is 39.5. The van der Waals surface area contributed by atoms with Gasteiger partial charge in [-0.2, -0.15) is 0 Å². The second-order valence-electron chi connectivity index (χ2n) is 16.3. The van der Waals surface area contributed by atoms with Crippen molar-refractivity contribution in [1.29, 1.82) is 0 Å². The van der Waals surface area contributed by atoms with Gasteiger partial charge in [-0.3, -0.25) is 9.59 Å². The Hall–Kier alpha value is -2.92. The standard InChI is InChI=1S/C55H94O5/c1-4-7-10-13-16-19-22-25-27-29-32-35-38-41-44-47-50-58-51-53(60-55(57)49-46-43-40-37-34-30-24-21-18-15-12-9-6-3)52-59-54(56)48-45-42-39-36-33-31-28-26-23-20-17-14-11-8-5-2/h8,11,16-17,19-21,24-28,33,36,53H,4-7,9-10,12-15,18,22-23,29-32,34-35,37-52H2,1-3H3/b11-8-,19-16-,20-17-,24-21-,27-25-,28-26-,36-33-. The Morgan fingerprint density at radius 2 is 0.750 bits per heavy atom. The fourth-order valence-corrected chi connectivity index (χ4v) is 6.64. The summed E-state index contributed by atoms with van der Waals surface area (Å²) in [6, 6.07) is 0. The summed E-state index contributed by atoms with van der Waals surface area (Å²) in [7, 11) is 0. The van der Waals surface area contributed by atoms with Crippen molar-refractivity contribution in [2.45, 2.75) is 232 Å². The molecule has 0 aliphatic carbocycles. The molecular formula is C55H94O5. The number of rotatable bonds is 45. The number of ether oxygens (including phenoxy) is 3. The van der Waals surface area contributed by atoms with Crippen molar-refractivity contribution in [3.63, 3.8) is 0 Å². The molecule has 0 radical (unpaired) electrons. The second-order valence-corrected chi connectivity index (χ2v) is 16.3. The summed E-state index contributed by atoms with van der Waals surface area (Å²) in [6.07, 6.45) is 65.9. The summed E-state index contributed by atoms with van der Waals surface area (Å²) in [5.74, 6) is -0.463. The van der Waals surface area contributed by atoms with E-state index in [1.165, 1.54) is 103 Å². The number of hydrogen-bond acceptors (Lipinski definition) is 5. The fourth-order valence-electron chi connectivity index (χ4n) is 6.64. The quantitative estimate of drug-likeness (QED) is 0.0347. The van der Waals surface area contributed by atoms with Gasteiger partial charge in [0, 0.05) is 19.4 Å². The summed E-state index contributed by atoms with van der Waals surface area (Å²) in [5.41, 5.74) is 0. The monoisotopic (exact) mass is 835 g/mol. The van der Waals surface area contributed by atoms with Crippen LogP contribution in [0.4, 0.5) is 0 Å². The van der Waals surface area contributed by atoms with Crippen LogP contribution in [0.1, 0.15) is 226 Å². The van der Waals surface area contributed by atoms with Crippen LogP contribution in [0.25, 0.3) is 0 Å². The average Bonchev–Trinajstić information content (AvgIpc) is 3.25. The predicted octanol–water partition coefficient (Wildman–Crippen LogP) is 16.9. The molecule has 0 bridgehead atoms. The highest BCUT2D eigenvalue weighted by Crippen LogP contribution is 2.12. The van der Waals surface area contributed by atoms with E-state index in [9.17, 15) is 9.59 Å². The van der Waals surface area contributed by atoms with E-state index in [-0.39, 0.29) is 25.2 Å². The molecule has 0 fully saturated rings. The Morgan fingerprint density at radius 3 is 1.28 bits per heavy atom. The van der Waals surface area contributed by atoms with Gasteiger partial charge in [0.2, 0.25) is 0 Å². The third-order valence-corrected chi connectivity index (χ3v) is 10.4. The first kappa shape index (κ1) is 57.1. The highest BCUT2D eigenvalue weighted by atomic mass is 16.6. The number of carbonyl (C=O) groups excluding carboxylic acids is 2. The Morgan fingerprint density at radius 1 is 0.383 bits per heavy atom. The van der Waals surface area contributed by atoms with E-state index < -0.39 is 6.10 Å². The van der Waals surface area contributed by atoms with Gasteiger partial charge < -0.3 is 14.2 Å². The molecule has 60 heavy (non-hydrogen) atoms. The maximum atomic E-state index is 12.8. The molecule has 0 aliphatic rings. The molecule has 344 valence electrons. The number of carbonyl (C=O) groups is 2. The van der Waals surface area contributed by atoms with Crippen molar-refractivity contribution < 1.29 is 23.8 Å². The predicted molar refractivity (Wildman–Crippen MR) is 260 cm³/mol. The van der Waals surface area contributed by atoms with E-state index in [0.717, 1.165) is 89.9 Å². The van der Waals surface area contributed by atoms with Crippen molar-refractivity contribution in [2.24, 2.45) is 0 Å². The van der Waals surface area contributed by atoms with Gasteiger partial charge in [0.25, 0.3) is 0 Å². The van der Waals surface area contributed by atoms with Crippen LogP contribution in [0.5, 0.6) is 0 Å². The van der Waals surface area contributed by atoms with Crippen molar-refractivity contribution in [1.82, 2.24) is 0 Å². The lowest BCUT2D eigenvalue weighted by atomic mass is 10.1. The molecule has 0 spiro atoms. The summed E-state index contributed by atoms with van der Waals surface area (Å²) in [6.45, 7) is 7.60. The van der Waals surface area contributed by atoms with Crippen LogP contribution in [0.2, 0.25) is 0 Å². The third-order valence-electron chi connectivity index (χ3n) is 10.4. The van der Waals surface area contributed by atoms with Crippen LogP contribution >= 0.6 is 0 Å². The Labute approximate surface area is 371 Å². The van der Waals surface area contributed by atoms with Gasteiger partial charge in [-0.15, -0.1) is 0 Å². The van der Waals surface area contributed by atoms with E-state index in [1.807, 2.05) is 0 Å². The van der Waals surface area contributed by atoms with Crippen LogP contribution in [0, 0.1) is 0 Å². The van der Waals surface area contributed by atoms with E-state index in [1.54, 1.807) is 0 Å². The largest absolute Gasteiger partial charge is 0.462 e. The van der Waals surface area contributed by atoms with Gasteiger partial charge in [0.05, 0.1) is 6.61 Å². The van der Waals surface area contributed by atoms with E-state index in [4.69, 9.17) is 14.2 Å². The van der Waals surface area contributed by atoms with Crippen molar-refractivity contribution in [3.05, 3.63) is 85.1 Å². The molecular weight excluding hydrogens is 741 g/mol. The number of unbranched alkanes of at least 4 members (excludes halogenated alkanes) is 20. The summed E-state index contributed by atoms with van der Waals surface area (Å²) in [5, 5.41) is 0. The molecule has 0 aromatic heterocycles. The molecule has 0 aromatic carbocycles. The molecule has 0 rings (SSSR count). The molecule has 0 aliphatic heterocycles. The second kappa shape index (κ2) is 50.4. The highest BCUT2D eigenvalue weighted by Gasteiger charge is 2.17. The first-order valence-corrected chi connectivity index (χ1v) is 25.1. The fraction of sp³-hybridized carbons (Fsp3) is 0.709. The lowest BCUT2D eigenvalue weighted by Crippen LogP contribution is -2.30. The van der Waals surface area contributed by atoms with Gasteiger partial charge in [0.1, 0.15) is 6.61 Å². The number of esters is 2. The van der Waals surface area contributed by atoms with Crippen LogP contribution in [0.15, 0.2) is 85.1 Å². The summed E-state index contributed by atoms with van der Waals surface area (Å²) < 4.78 is 17.3. The first-order valence-electron chi connectivity index (χ1n) is 25.1. The minimum atomic E-state index is -0.566. The van der Waals surface area contributed by atoms with E-state index in [0.29, 0.717) is 19.4 Å². The van der Waals surface area contributed by atoms with Crippen molar-refractivity contribution >= 4 is 11.9 Å². The highest BCUT2D eigenvalue weighted by molar-refractivity contribution is 5.70. The van der Waals surface area contributed by atoms with Crippen LogP contribution < -0.4 is 0 Å². The SMILES string of the molecule is CC/C=C\C/C=C\C/C=C\C/C=C\CCCCC(=O)OCC(COCCCCCCCC/C=C\C/C=C\CCCCC)OC(=O)CCCCCCC/C=C\CCCCCC. The van der Waals surface area contributed by atoms with Crippen molar-refractivity contribution in [2.75, 3.05) is 19.8 Å². The third kappa shape index (κ3) is 47.8. The molecule has 0 saturated carbocycles. The molecule has 0 N–H and O–H groups in total. The van der Waals surface area contributed by atoms with Crippen LogP contribution in [0.3, 0.4) is 0 Å². The molecule has 0 heterocycles. The van der Waals surface area contributed by atoms with Gasteiger partial charge >= 0.3 is 11.9 Å². The van der Waals surface area contributed by atoms with Gasteiger partial charge in [-0.25, -0.2) is 0 Å². The molecule has 0 saturated heterocycles. The van der Waals surface area contributed by atoms with Crippen LogP contribution in [-0.4, -0.2) is 37.9 Å². The smallest absolute Gasteiger partial charge is 0.306 e. The zero-order valence-electron chi connectivity index (χ0n) is 39.5. The first-order chi connectivity index (χ1) is 29.6. The number of hydrogen-bond donors (Lipinski definition) is 0. The van der Waals surface area contributed by atoms with Gasteiger partial charge in [0.15, 0.2) is 6.10 Å². The number of allylic oxidation sites excluding steroid dienone is 14. The van der Waals surface area contributed by atoms with E-state index >= 15 is 0 Å². The molecule has 0 aromatic rings. The maximum Gasteiger partial charge on any atom is 0.306 e. The topological polar surface area (TPSA) is 61.8 Å². The van der Waals surface area contributed by atoms with Gasteiger partial charge in [-0.1, -0.05) is 183 Å². The Kier molecular flexibility index (Phi) is 48.0. The molecule has 1 atom stereocenters. The van der Waals surface area contributed by atoms with Crippen LogP contribution in [-0.2, 0) is 23.8 Å². The lowest BCUT2D eigenvalue weighted by Gasteiger charge is -2.18. The minimum Gasteiger partial charge on any atom is -0.462 e.